The number of methoxy groups -OCH3 is 1. The van der Waals surface area contributed by atoms with Gasteiger partial charge in [0.25, 0.3) is 0 Å². The van der Waals surface area contributed by atoms with E-state index in [-0.39, 0.29) is 17.3 Å². The molecule has 2 aliphatic rings. The zero-order chi connectivity index (χ0) is 17.2. The monoisotopic (exact) mass is 329 g/mol. The highest BCUT2D eigenvalue weighted by Crippen LogP contribution is 2.36. The van der Waals surface area contributed by atoms with Crippen LogP contribution in [0.4, 0.5) is 5.69 Å². The van der Waals surface area contributed by atoms with Crippen LogP contribution in [-0.2, 0) is 4.79 Å². The quantitative estimate of drug-likeness (QED) is 0.850. The largest absolute Gasteiger partial charge is 0.493 e. The summed E-state index contributed by atoms with van der Waals surface area (Å²) >= 11 is 0. The minimum absolute atomic E-state index is 0.187. The van der Waals surface area contributed by atoms with Crippen molar-refractivity contribution in [2.24, 2.45) is 5.41 Å². The van der Waals surface area contributed by atoms with Crippen molar-refractivity contribution in [2.75, 3.05) is 12.4 Å². The van der Waals surface area contributed by atoms with Crippen molar-refractivity contribution in [1.29, 1.82) is 0 Å². The fraction of sp³-hybridized carbons (Fsp3) is 0.550. The van der Waals surface area contributed by atoms with E-state index in [0.29, 0.717) is 0 Å². The van der Waals surface area contributed by atoms with Crippen LogP contribution >= 0.6 is 0 Å². The van der Waals surface area contributed by atoms with Gasteiger partial charge in [-0.3, -0.25) is 4.79 Å². The van der Waals surface area contributed by atoms with Crippen LogP contribution < -0.4 is 14.8 Å². The van der Waals surface area contributed by atoms with Gasteiger partial charge in [-0.25, -0.2) is 0 Å². The molecule has 2 aliphatic carbocycles. The van der Waals surface area contributed by atoms with E-state index in [1.165, 1.54) is 12.8 Å². The highest BCUT2D eigenvalue weighted by molar-refractivity contribution is 5.96. The van der Waals surface area contributed by atoms with Gasteiger partial charge >= 0.3 is 0 Å². The normalized spacial score (nSPS) is 20.6. The Bertz CT molecular complexity index is 642. The molecule has 0 heterocycles. The lowest BCUT2D eigenvalue weighted by Crippen LogP contribution is -2.27. The maximum atomic E-state index is 12.2. The third-order valence-electron chi connectivity index (χ3n) is 5.06. The van der Waals surface area contributed by atoms with Crippen LogP contribution in [-0.4, -0.2) is 19.0 Å². The van der Waals surface area contributed by atoms with E-state index in [1.54, 1.807) is 13.2 Å². The van der Waals surface area contributed by atoms with E-state index in [4.69, 9.17) is 9.47 Å². The number of benzene rings is 1. The zero-order valence-corrected chi connectivity index (χ0v) is 14.9. The minimum Gasteiger partial charge on any atom is -0.493 e. The van der Waals surface area contributed by atoms with Gasteiger partial charge < -0.3 is 14.8 Å². The number of rotatable bonds is 5. The number of ether oxygens (including phenoxy) is 2. The Balaban J connectivity index is 1.75. The third-order valence-corrected chi connectivity index (χ3v) is 5.06. The van der Waals surface area contributed by atoms with E-state index in [0.717, 1.165) is 48.6 Å². The Hall–Kier alpha value is -1.97. The lowest BCUT2D eigenvalue weighted by molar-refractivity contribution is -0.123. The third kappa shape index (κ3) is 3.74. The Labute approximate surface area is 144 Å². The van der Waals surface area contributed by atoms with Crippen LogP contribution in [0.25, 0.3) is 0 Å². The molecule has 4 heteroatoms. The molecule has 3 rings (SSSR count). The van der Waals surface area contributed by atoms with Crippen LogP contribution in [0, 0.1) is 5.41 Å². The van der Waals surface area contributed by atoms with Crippen LogP contribution in [0.15, 0.2) is 30.0 Å². The highest BCUT2D eigenvalue weighted by Gasteiger charge is 2.30. The Morgan fingerprint density at radius 2 is 1.92 bits per heavy atom. The number of ketones is 1. The number of hydrogen-bond acceptors (Lipinski definition) is 4. The van der Waals surface area contributed by atoms with E-state index < -0.39 is 0 Å². The molecule has 130 valence electrons. The molecule has 24 heavy (non-hydrogen) atoms. The Kier molecular flexibility index (Phi) is 4.83. The fourth-order valence-corrected chi connectivity index (χ4v) is 3.31. The molecule has 0 aromatic heterocycles. The molecule has 1 N–H and O–H groups in total. The van der Waals surface area contributed by atoms with E-state index in [1.807, 2.05) is 32.0 Å². The average molecular weight is 329 g/mol. The number of nitrogens with one attached hydrogen (secondary N) is 1. The molecule has 0 bridgehead atoms. The predicted octanol–water partition coefficient (Wildman–Crippen LogP) is 4.70. The first-order valence-electron chi connectivity index (χ1n) is 8.85. The first-order valence-corrected chi connectivity index (χ1v) is 8.85. The van der Waals surface area contributed by atoms with Gasteiger partial charge in [0.1, 0.15) is 0 Å². The van der Waals surface area contributed by atoms with Gasteiger partial charge in [0, 0.05) is 28.9 Å². The summed E-state index contributed by atoms with van der Waals surface area (Å²) in [4.78, 5) is 12.2. The second kappa shape index (κ2) is 6.88. The van der Waals surface area contributed by atoms with Gasteiger partial charge in [-0.05, 0) is 50.7 Å². The minimum atomic E-state index is -0.248. The van der Waals surface area contributed by atoms with Gasteiger partial charge in [-0.1, -0.05) is 13.8 Å². The molecular formula is C20H27NO3. The molecule has 4 nitrogen and oxygen atoms in total. The van der Waals surface area contributed by atoms with Crippen LogP contribution in [0.5, 0.6) is 11.5 Å². The summed E-state index contributed by atoms with van der Waals surface area (Å²) in [5.74, 6) is 1.71. The summed E-state index contributed by atoms with van der Waals surface area (Å²) in [5, 5.41) is 3.37. The zero-order valence-electron chi connectivity index (χ0n) is 14.9. The standard InChI is InChI=1S/C20H27NO3/c1-20(2)11-10-15(13-19(20)22)21-14-8-9-17(23-3)18(12-14)24-16-6-4-5-7-16/h8-9,12-13,16,21H,4-7,10-11H2,1-3H3. The Morgan fingerprint density at radius 1 is 1.17 bits per heavy atom. The topological polar surface area (TPSA) is 47.6 Å². The van der Waals surface area contributed by atoms with E-state index in [2.05, 4.69) is 5.32 Å². The van der Waals surface area contributed by atoms with Crippen molar-refractivity contribution >= 4 is 11.5 Å². The summed E-state index contributed by atoms with van der Waals surface area (Å²) in [7, 11) is 1.66. The predicted molar refractivity (Wildman–Crippen MR) is 95.6 cm³/mol. The van der Waals surface area contributed by atoms with Gasteiger partial charge in [0.05, 0.1) is 13.2 Å². The number of anilines is 1. The van der Waals surface area contributed by atoms with Crippen molar-refractivity contribution in [1.82, 2.24) is 0 Å². The lowest BCUT2D eigenvalue weighted by atomic mass is 9.79. The van der Waals surface area contributed by atoms with E-state index >= 15 is 0 Å². The molecule has 0 spiro atoms. The number of hydrogen-bond donors (Lipinski definition) is 1. The lowest BCUT2D eigenvalue weighted by Gasteiger charge is -2.27. The molecular weight excluding hydrogens is 302 g/mol. The van der Waals surface area contributed by atoms with Crippen molar-refractivity contribution < 1.29 is 14.3 Å². The molecule has 0 unspecified atom stereocenters. The van der Waals surface area contributed by atoms with Crippen LogP contribution in [0.3, 0.4) is 0 Å². The summed E-state index contributed by atoms with van der Waals surface area (Å²) in [6.07, 6.45) is 8.45. The summed E-state index contributed by atoms with van der Waals surface area (Å²) in [6.45, 7) is 4.01. The fourth-order valence-electron chi connectivity index (χ4n) is 3.31. The summed E-state index contributed by atoms with van der Waals surface area (Å²) < 4.78 is 11.6. The van der Waals surface area contributed by atoms with Gasteiger partial charge in [-0.15, -0.1) is 0 Å². The van der Waals surface area contributed by atoms with Crippen molar-refractivity contribution in [2.45, 2.75) is 58.5 Å². The molecule has 0 aliphatic heterocycles. The molecule has 0 radical (unpaired) electrons. The SMILES string of the molecule is COc1ccc(NC2=CC(=O)C(C)(C)CC2)cc1OC1CCCC1. The summed E-state index contributed by atoms with van der Waals surface area (Å²) in [5.41, 5.74) is 1.65. The molecule has 1 aromatic rings. The number of carbonyl (C=O) groups is 1. The maximum absolute atomic E-state index is 12.2. The molecule has 0 atom stereocenters. The molecule has 1 fully saturated rings. The van der Waals surface area contributed by atoms with Crippen molar-refractivity contribution in [3.8, 4) is 11.5 Å². The Morgan fingerprint density at radius 3 is 2.58 bits per heavy atom. The van der Waals surface area contributed by atoms with Gasteiger partial charge in [-0.2, -0.15) is 0 Å². The second-order valence-electron chi connectivity index (χ2n) is 7.43. The van der Waals surface area contributed by atoms with Crippen molar-refractivity contribution in [3.63, 3.8) is 0 Å². The van der Waals surface area contributed by atoms with Gasteiger partial charge in [0.15, 0.2) is 17.3 Å². The van der Waals surface area contributed by atoms with Crippen LogP contribution in [0.1, 0.15) is 52.4 Å². The second-order valence-corrected chi connectivity index (χ2v) is 7.43. The highest BCUT2D eigenvalue weighted by atomic mass is 16.5. The maximum Gasteiger partial charge on any atom is 0.163 e. The number of allylic oxidation sites excluding steroid dienone is 2. The average Bonchev–Trinajstić information content (AvgIpc) is 3.05. The van der Waals surface area contributed by atoms with E-state index in [9.17, 15) is 4.79 Å². The smallest absolute Gasteiger partial charge is 0.163 e. The first-order chi connectivity index (χ1) is 11.5. The van der Waals surface area contributed by atoms with Gasteiger partial charge in [0.2, 0.25) is 0 Å². The number of carbonyl (C=O) groups excluding carboxylic acids is 1. The molecule has 0 amide bonds. The summed E-state index contributed by atoms with van der Waals surface area (Å²) in [6, 6.07) is 5.86. The van der Waals surface area contributed by atoms with Crippen molar-refractivity contribution in [3.05, 3.63) is 30.0 Å². The molecule has 1 aromatic carbocycles. The first kappa shape index (κ1) is 16.9. The molecule has 1 saturated carbocycles. The van der Waals surface area contributed by atoms with Crippen LogP contribution in [0.2, 0.25) is 0 Å². The molecule has 0 saturated heterocycles.